The zero-order valence-corrected chi connectivity index (χ0v) is 24.7. The minimum Gasteiger partial charge on any atom is -0.318 e. The molecule has 0 radical (unpaired) electrons. The van der Waals surface area contributed by atoms with Gasteiger partial charge in [0.1, 0.15) is 5.82 Å². The lowest BCUT2D eigenvalue weighted by atomic mass is 9.98. The van der Waals surface area contributed by atoms with E-state index in [1.807, 2.05) is 59.2 Å². The van der Waals surface area contributed by atoms with Crippen LogP contribution in [0.15, 0.2) is 88.5 Å². The maximum Gasteiger partial charge on any atom is 0.337 e. The number of rotatable bonds is 11. The number of fused-ring (bicyclic) bond motifs is 1. The molecule has 0 amide bonds. The molecule has 0 unspecified atom stereocenters. The Morgan fingerprint density at radius 1 is 0.864 bits per heavy atom. The Bertz CT molecular complexity index is 2020. The monoisotopic (exact) mass is 586 g/mol. The summed E-state index contributed by atoms with van der Waals surface area (Å²) in [6.45, 7) is 3.22. The molecule has 222 valence electrons. The molecule has 0 saturated heterocycles. The Balaban J connectivity index is 1.34. The van der Waals surface area contributed by atoms with Gasteiger partial charge < -0.3 is 4.57 Å². The molecule has 7 rings (SSSR count). The van der Waals surface area contributed by atoms with Gasteiger partial charge in [-0.2, -0.15) is 0 Å². The van der Waals surface area contributed by atoms with E-state index in [1.54, 1.807) is 4.57 Å². The highest BCUT2D eigenvalue weighted by atomic mass is 16.2. The number of hydrogen-bond acceptors (Lipinski definition) is 6. The van der Waals surface area contributed by atoms with Gasteiger partial charge in [-0.05, 0) is 64.4 Å². The van der Waals surface area contributed by atoms with Gasteiger partial charge in [-0.25, -0.2) is 19.4 Å². The van der Waals surface area contributed by atoms with E-state index in [2.05, 4.69) is 51.8 Å². The predicted octanol–water partition coefficient (Wildman–Crippen LogP) is 5.39. The summed E-state index contributed by atoms with van der Waals surface area (Å²) in [6.07, 6.45) is 6.03. The molecule has 3 aromatic carbocycles. The third-order valence-corrected chi connectivity index (χ3v) is 8.40. The molecule has 0 aliphatic heterocycles. The summed E-state index contributed by atoms with van der Waals surface area (Å²) in [5, 5.41) is 14.4. The second kappa shape index (κ2) is 11.9. The molecule has 10 heteroatoms. The third kappa shape index (κ3) is 5.27. The molecule has 1 fully saturated rings. The normalized spacial score (nSPS) is 13.1. The number of aromatic amines is 1. The third-order valence-electron chi connectivity index (χ3n) is 8.40. The van der Waals surface area contributed by atoms with Gasteiger partial charge in [0.15, 0.2) is 17.0 Å². The van der Waals surface area contributed by atoms with Gasteiger partial charge in [0.05, 0.1) is 5.69 Å². The lowest BCUT2D eigenvalue weighted by Gasteiger charge is -2.14. The highest BCUT2D eigenvalue weighted by Crippen LogP contribution is 2.32. The second-order valence-electron chi connectivity index (χ2n) is 11.5. The lowest BCUT2D eigenvalue weighted by Crippen LogP contribution is -2.40. The van der Waals surface area contributed by atoms with Gasteiger partial charge in [-0.1, -0.05) is 86.5 Å². The summed E-state index contributed by atoms with van der Waals surface area (Å²) in [5.74, 6) is 1.89. The number of para-hydroxylation sites is 1. The zero-order chi connectivity index (χ0) is 30.0. The SMILES string of the molecule is CCCCCc1nc2c(c(=O)n(-c3ccccc3)c(=O)n2CC2CC2)n1Cc1ccc(-c2ccccc2-c2nnn[nH]2)cc1. The van der Waals surface area contributed by atoms with Gasteiger partial charge in [-0.3, -0.25) is 9.36 Å². The number of H-pyrrole nitrogens is 1. The van der Waals surface area contributed by atoms with Gasteiger partial charge in [0.25, 0.3) is 5.56 Å². The summed E-state index contributed by atoms with van der Waals surface area (Å²) in [4.78, 5) is 33.1. The minimum atomic E-state index is -0.330. The lowest BCUT2D eigenvalue weighted by molar-refractivity contribution is 0.591. The fraction of sp³-hybridized carbons (Fsp3) is 0.294. The van der Waals surface area contributed by atoms with E-state index in [4.69, 9.17) is 4.98 Å². The van der Waals surface area contributed by atoms with Crippen molar-refractivity contribution in [3.63, 3.8) is 0 Å². The second-order valence-corrected chi connectivity index (χ2v) is 11.5. The molecular formula is C34H34N8O2. The Labute approximate surface area is 254 Å². The van der Waals surface area contributed by atoms with E-state index in [0.29, 0.717) is 41.7 Å². The summed E-state index contributed by atoms with van der Waals surface area (Å²) in [7, 11) is 0. The van der Waals surface area contributed by atoms with Crippen LogP contribution >= 0.6 is 0 Å². The number of nitrogens with zero attached hydrogens (tertiary/aromatic N) is 7. The van der Waals surface area contributed by atoms with E-state index in [-0.39, 0.29) is 11.2 Å². The first-order valence-electron chi connectivity index (χ1n) is 15.3. The molecule has 0 bridgehead atoms. The average Bonchev–Trinajstić information content (AvgIpc) is 3.56. The zero-order valence-electron chi connectivity index (χ0n) is 24.7. The van der Waals surface area contributed by atoms with Crippen LogP contribution in [0.3, 0.4) is 0 Å². The standard InChI is InChI=1S/C34H34N8O2/c1-2-3-5-14-29-35-32-30(33(43)42(26-10-6-4-7-11-26)34(44)41(32)22-23-15-16-23)40(29)21-24-17-19-25(20-18-24)27-12-8-9-13-28(27)31-36-38-39-37-31/h4,6-13,17-20,23H,2-3,5,14-16,21-22H2,1H3,(H,36,37,38,39). The molecule has 44 heavy (non-hydrogen) atoms. The maximum atomic E-state index is 14.2. The Kier molecular flexibility index (Phi) is 7.47. The number of hydrogen-bond donors (Lipinski definition) is 1. The first-order chi connectivity index (χ1) is 21.6. The van der Waals surface area contributed by atoms with Gasteiger partial charge in [-0.15, -0.1) is 5.10 Å². The molecule has 0 atom stereocenters. The fourth-order valence-corrected chi connectivity index (χ4v) is 5.90. The van der Waals surface area contributed by atoms with E-state index in [1.165, 1.54) is 4.57 Å². The Hall–Kier alpha value is -5.12. The van der Waals surface area contributed by atoms with Crippen LogP contribution in [0, 0.1) is 5.92 Å². The van der Waals surface area contributed by atoms with Crippen LogP contribution < -0.4 is 11.2 Å². The number of aryl methyl sites for hydroxylation is 1. The summed E-state index contributed by atoms with van der Waals surface area (Å²) >= 11 is 0. The quantitative estimate of drug-likeness (QED) is 0.204. The van der Waals surface area contributed by atoms with E-state index in [0.717, 1.165) is 66.6 Å². The number of aromatic nitrogens is 8. The summed E-state index contributed by atoms with van der Waals surface area (Å²) in [5.41, 5.74) is 4.89. The predicted molar refractivity (Wildman–Crippen MR) is 170 cm³/mol. The molecule has 1 N–H and O–H groups in total. The van der Waals surface area contributed by atoms with Crippen molar-refractivity contribution in [3.05, 3.63) is 111 Å². The van der Waals surface area contributed by atoms with Crippen molar-refractivity contribution in [2.45, 2.75) is 58.5 Å². The van der Waals surface area contributed by atoms with Crippen molar-refractivity contribution in [1.29, 1.82) is 0 Å². The molecule has 3 heterocycles. The fourth-order valence-electron chi connectivity index (χ4n) is 5.90. The van der Waals surface area contributed by atoms with Gasteiger partial charge >= 0.3 is 5.69 Å². The first kappa shape index (κ1) is 27.7. The van der Waals surface area contributed by atoms with Crippen molar-refractivity contribution >= 4 is 11.2 Å². The van der Waals surface area contributed by atoms with Crippen molar-refractivity contribution in [2.24, 2.45) is 5.92 Å². The van der Waals surface area contributed by atoms with Crippen molar-refractivity contribution in [1.82, 2.24) is 39.3 Å². The highest BCUT2D eigenvalue weighted by molar-refractivity contribution is 5.80. The van der Waals surface area contributed by atoms with Crippen molar-refractivity contribution in [2.75, 3.05) is 0 Å². The van der Waals surface area contributed by atoms with E-state index in [9.17, 15) is 9.59 Å². The van der Waals surface area contributed by atoms with Crippen LogP contribution in [0.4, 0.5) is 0 Å². The van der Waals surface area contributed by atoms with Gasteiger partial charge in [0.2, 0.25) is 0 Å². The number of imidazole rings is 1. The molecule has 1 aliphatic carbocycles. The molecule has 3 aromatic heterocycles. The molecular weight excluding hydrogens is 552 g/mol. The van der Waals surface area contributed by atoms with Crippen LogP contribution in [-0.4, -0.2) is 39.3 Å². The van der Waals surface area contributed by atoms with Crippen LogP contribution in [0.1, 0.15) is 50.4 Å². The van der Waals surface area contributed by atoms with Gasteiger partial charge in [0, 0.05) is 25.1 Å². The first-order valence-corrected chi connectivity index (χ1v) is 15.3. The van der Waals surface area contributed by atoms with Crippen LogP contribution in [0.5, 0.6) is 0 Å². The molecule has 1 aliphatic rings. The Morgan fingerprint density at radius 2 is 1.61 bits per heavy atom. The number of tetrazole rings is 1. The van der Waals surface area contributed by atoms with Crippen LogP contribution in [0.25, 0.3) is 39.4 Å². The number of nitrogens with one attached hydrogen (secondary N) is 1. The topological polar surface area (TPSA) is 116 Å². The largest absolute Gasteiger partial charge is 0.337 e. The van der Waals surface area contributed by atoms with Crippen molar-refractivity contribution < 1.29 is 0 Å². The van der Waals surface area contributed by atoms with Crippen molar-refractivity contribution in [3.8, 4) is 28.2 Å². The molecule has 10 nitrogen and oxygen atoms in total. The van der Waals surface area contributed by atoms with Crippen LogP contribution in [-0.2, 0) is 19.5 Å². The Morgan fingerprint density at radius 3 is 2.32 bits per heavy atom. The number of benzene rings is 3. The minimum absolute atomic E-state index is 0.324. The summed E-state index contributed by atoms with van der Waals surface area (Å²) < 4.78 is 5.09. The van der Waals surface area contributed by atoms with Crippen LogP contribution in [0.2, 0.25) is 0 Å². The number of unbranched alkanes of at least 4 members (excludes halogenated alkanes) is 2. The summed E-state index contributed by atoms with van der Waals surface area (Å²) in [6, 6.07) is 25.5. The average molecular weight is 587 g/mol. The molecule has 6 aromatic rings. The molecule has 1 saturated carbocycles. The maximum absolute atomic E-state index is 14.2. The van der Waals surface area contributed by atoms with E-state index >= 15 is 0 Å². The smallest absolute Gasteiger partial charge is 0.318 e. The van der Waals surface area contributed by atoms with E-state index < -0.39 is 0 Å². The molecule has 0 spiro atoms. The highest BCUT2D eigenvalue weighted by Gasteiger charge is 2.28.